The minimum absolute atomic E-state index is 0.533. The molecule has 1 aliphatic rings. The van der Waals surface area contributed by atoms with Crippen LogP contribution in [0.25, 0.3) is 5.69 Å². The highest BCUT2D eigenvalue weighted by Gasteiger charge is 2.12. The van der Waals surface area contributed by atoms with Gasteiger partial charge in [0.05, 0.1) is 15.7 Å². The number of carboxylic acids is 2. The van der Waals surface area contributed by atoms with Gasteiger partial charge in [-0.3, -0.25) is 0 Å². The van der Waals surface area contributed by atoms with Crippen LogP contribution in [-0.2, 0) is 9.59 Å². The number of hydrogen-bond donors (Lipinski definition) is 4. The molecule has 30 heavy (non-hydrogen) atoms. The number of carboxylic acid groups (broad SMARTS) is 2. The Morgan fingerprint density at radius 1 is 1.03 bits per heavy atom. The normalized spacial score (nSPS) is 13.9. The van der Waals surface area contributed by atoms with Gasteiger partial charge in [-0.25, -0.2) is 14.3 Å². The van der Waals surface area contributed by atoms with E-state index in [0.29, 0.717) is 10.0 Å². The lowest BCUT2D eigenvalue weighted by molar-refractivity contribution is -0.159. The van der Waals surface area contributed by atoms with E-state index >= 15 is 0 Å². The molecule has 0 radical (unpaired) electrons. The minimum atomic E-state index is -1.82. The molecule has 0 amide bonds. The number of aliphatic carboxylic acids is 2. The van der Waals surface area contributed by atoms with E-state index in [2.05, 4.69) is 15.7 Å². The molecule has 0 bridgehead atoms. The molecular weight excluding hydrogens is 431 g/mol. The van der Waals surface area contributed by atoms with Gasteiger partial charge in [0.2, 0.25) is 0 Å². The number of hydrogen-bond acceptors (Lipinski definition) is 5. The molecule has 8 nitrogen and oxygen atoms in total. The first-order valence-corrected chi connectivity index (χ1v) is 10.5. The Kier molecular flexibility index (Phi) is 9.93. The Labute approximate surface area is 185 Å². The largest absolute Gasteiger partial charge is 0.473 e. The van der Waals surface area contributed by atoms with Crippen molar-refractivity contribution < 1.29 is 19.8 Å². The van der Waals surface area contributed by atoms with Crippen LogP contribution < -0.4 is 10.6 Å². The Morgan fingerprint density at radius 2 is 1.73 bits per heavy atom. The van der Waals surface area contributed by atoms with Crippen molar-refractivity contribution in [2.45, 2.75) is 32.1 Å². The number of benzene rings is 1. The van der Waals surface area contributed by atoms with Crippen molar-refractivity contribution in [3.05, 3.63) is 40.5 Å². The lowest BCUT2D eigenvalue weighted by atomic mass is 9.89. The van der Waals surface area contributed by atoms with Gasteiger partial charge in [0.15, 0.2) is 0 Å². The van der Waals surface area contributed by atoms with Crippen molar-refractivity contribution in [1.29, 1.82) is 0 Å². The van der Waals surface area contributed by atoms with Crippen LogP contribution in [0.2, 0.25) is 10.0 Å². The van der Waals surface area contributed by atoms with Crippen LogP contribution >= 0.6 is 23.2 Å². The van der Waals surface area contributed by atoms with E-state index in [9.17, 15) is 0 Å². The van der Waals surface area contributed by atoms with Gasteiger partial charge < -0.3 is 20.8 Å². The number of aromatic nitrogens is 2. The second-order valence-corrected chi connectivity index (χ2v) is 7.80. The van der Waals surface area contributed by atoms with Crippen molar-refractivity contribution >= 4 is 41.0 Å². The molecule has 164 valence electrons. The van der Waals surface area contributed by atoms with Crippen LogP contribution in [0.4, 0.5) is 5.82 Å². The lowest BCUT2D eigenvalue weighted by Gasteiger charge is -2.21. The third kappa shape index (κ3) is 8.22. The van der Waals surface area contributed by atoms with Crippen LogP contribution in [0.1, 0.15) is 32.1 Å². The monoisotopic (exact) mass is 456 g/mol. The number of nitrogens with zero attached hydrogens (tertiary/aromatic N) is 2. The lowest BCUT2D eigenvalue weighted by Crippen LogP contribution is -2.28. The number of rotatable bonds is 7. The van der Waals surface area contributed by atoms with E-state index in [0.717, 1.165) is 37.1 Å². The van der Waals surface area contributed by atoms with E-state index in [1.807, 2.05) is 24.4 Å². The third-order valence-corrected chi connectivity index (χ3v) is 5.44. The fourth-order valence-electron chi connectivity index (χ4n) is 3.17. The average molecular weight is 457 g/mol. The fraction of sp³-hybridized carbons (Fsp3) is 0.450. The standard InChI is InChI=1S/C18H24Cl2N4.C2H2O4/c19-16-7-6-15(12-17(16)20)24-11-8-18(23-24)22-10-9-21-13-14-4-2-1-3-5-14;3-1(4)2(5)6/h6-8,11-12,14,21H,1-5,9-10,13H2,(H,22,23);(H,3,4)(H,5,6). The Morgan fingerprint density at radius 3 is 2.37 bits per heavy atom. The molecule has 0 unspecified atom stereocenters. The third-order valence-electron chi connectivity index (χ3n) is 4.71. The van der Waals surface area contributed by atoms with E-state index in [1.165, 1.54) is 32.1 Å². The van der Waals surface area contributed by atoms with Gasteiger partial charge in [-0.1, -0.05) is 42.5 Å². The van der Waals surface area contributed by atoms with Crippen molar-refractivity contribution in [2.24, 2.45) is 5.92 Å². The van der Waals surface area contributed by atoms with E-state index < -0.39 is 11.9 Å². The van der Waals surface area contributed by atoms with Crippen LogP contribution in [-0.4, -0.2) is 51.6 Å². The van der Waals surface area contributed by atoms with Gasteiger partial charge in [-0.15, -0.1) is 0 Å². The van der Waals surface area contributed by atoms with Crippen LogP contribution in [0.15, 0.2) is 30.5 Å². The first-order valence-electron chi connectivity index (χ1n) is 9.78. The molecule has 0 atom stereocenters. The highest BCUT2D eigenvalue weighted by molar-refractivity contribution is 6.42. The van der Waals surface area contributed by atoms with Crippen molar-refractivity contribution in [2.75, 3.05) is 25.0 Å². The predicted octanol–water partition coefficient (Wildman–Crippen LogP) is 3.92. The molecule has 1 aromatic heterocycles. The second kappa shape index (κ2) is 12.4. The van der Waals surface area contributed by atoms with Crippen LogP contribution in [0.5, 0.6) is 0 Å². The molecule has 1 aromatic carbocycles. The summed E-state index contributed by atoms with van der Waals surface area (Å²) in [5.74, 6) is -1.92. The summed E-state index contributed by atoms with van der Waals surface area (Å²) in [5.41, 5.74) is 0.896. The first-order chi connectivity index (χ1) is 14.4. The molecular formula is C20H26Cl2N4O4. The zero-order valence-electron chi connectivity index (χ0n) is 16.5. The molecule has 1 saturated carbocycles. The second-order valence-electron chi connectivity index (χ2n) is 6.99. The van der Waals surface area contributed by atoms with Gasteiger partial charge in [-0.05, 0) is 43.5 Å². The van der Waals surface area contributed by atoms with Gasteiger partial charge in [0.1, 0.15) is 5.82 Å². The maximum Gasteiger partial charge on any atom is 0.414 e. The summed E-state index contributed by atoms with van der Waals surface area (Å²) in [6.07, 6.45) is 8.90. The molecule has 0 aliphatic heterocycles. The SMILES string of the molecule is Clc1ccc(-n2ccc(NCCNCC3CCCCC3)n2)cc1Cl.O=C(O)C(=O)O. The first kappa shape index (κ1) is 24.0. The van der Waals surface area contributed by atoms with Crippen LogP contribution in [0.3, 0.4) is 0 Å². The van der Waals surface area contributed by atoms with Crippen molar-refractivity contribution in [3.8, 4) is 5.69 Å². The average Bonchev–Trinajstić information content (AvgIpc) is 3.20. The molecule has 0 spiro atoms. The molecule has 0 saturated heterocycles. The number of anilines is 1. The Balaban J connectivity index is 0.000000469. The summed E-state index contributed by atoms with van der Waals surface area (Å²) in [7, 11) is 0. The highest BCUT2D eigenvalue weighted by atomic mass is 35.5. The number of halogens is 2. The highest BCUT2D eigenvalue weighted by Crippen LogP contribution is 2.24. The summed E-state index contributed by atoms with van der Waals surface area (Å²) in [5, 5.41) is 27.3. The van der Waals surface area contributed by atoms with E-state index in [4.69, 9.17) is 43.0 Å². The molecule has 1 heterocycles. The Hall–Kier alpha value is -2.29. The van der Waals surface area contributed by atoms with Gasteiger partial charge in [-0.2, -0.15) is 5.10 Å². The molecule has 3 rings (SSSR count). The zero-order chi connectivity index (χ0) is 21.9. The molecule has 1 aliphatic carbocycles. The minimum Gasteiger partial charge on any atom is -0.473 e. The molecule has 2 aromatic rings. The van der Waals surface area contributed by atoms with Gasteiger partial charge in [0.25, 0.3) is 0 Å². The number of nitrogens with one attached hydrogen (secondary N) is 2. The van der Waals surface area contributed by atoms with Gasteiger partial charge >= 0.3 is 11.9 Å². The summed E-state index contributed by atoms with van der Waals surface area (Å²) >= 11 is 12.0. The quantitative estimate of drug-likeness (QED) is 0.368. The van der Waals surface area contributed by atoms with Crippen LogP contribution in [0, 0.1) is 5.92 Å². The summed E-state index contributed by atoms with van der Waals surface area (Å²) < 4.78 is 1.79. The predicted molar refractivity (Wildman–Crippen MR) is 117 cm³/mol. The maximum absolute atomic E-state index is 9.10. The Bertz CT molecular complexity index is 826. The number of carbonyl (C=O) groups is 2. The van der Waals surface area contributed by atoms with Crippen molar-refractivity contribution in [3.63, 3.8) is 0 Å². The smallest absolute Gasteiger partial charge is 0.414 e. The van der Waals surface area contributed by atoms with Crippen molar-refractivity contribution in [1.82, 2.24) is 15.1 Å². The molecule has 4 N–H and O–H groups in total. The topological polar surface area (TPSA) is 116 Å². The molecule has 1 fully saturated rings. The van der Waals surface area contributed by atoms with E-state index in [1.54, 1.807) is 10.7 Å². The summed E-state index contributed by atoms with van der Waals surface area (Å²) in [6, 6.07) is 7.45. The maximum atomic E-state index is 9.10. The summed E-state index contributed by atoms with van der Waals surface area (Å²) in [4.78, 5) is 18.2. The van der Waals surface area contributed by atoms with E-state index in [-0.39, 0.29) is 0 Å². The molecule has 10 heteroatoms. The van der Waals surface area contributed by atoms with Gasteiger partial charge in [0, 0.05) is 25.4 Å². The summed E-state index contributed by atoms with van der Waals surface area (Å²) in [6.45, 7) is 2.96. The fourth-order valence-corrected chi connectivity index (χ4v) is 3.46. The zero-order valence-corrected chi connectivity index (χ0v) is 18.0.